The largest absolute Gasteiger partial charge is 0.477 e. The van der Waals surface area contributed by atoms with E-state index in [0.717, 1.165) is 11.2 Å². The van der Waals surface area contributed by atoms with E-state index < -0.39 is 23.6 Å². The number of nitrogens with zero attached hydrogens (tertiary/aromatic N) is 2. The van der Waals surface area contributed by atoms with Crippen LogP contribution in [0.25, 0.3) is 11.3 Å². The Balaban J connectivity index is 0.00000320. The van der Waals surface area contributed by atoms with E-state index in [4.69, 9.17) is 20.9 Å². The minimum absolute atomic E-state index is 0. The maximum Gasteiger partial charge on any atom is 0.258 e. The molecule has 0 radical (unpaired) electrons. The zero-order valence-corrected chi connectivity index (χ0v) is 17.9. The molecule has 0 saturated carbocycles. The molecule has 1 unspecified atom stereocenters. The van der Waals surface area contributed by atoms with Crippen LogP contribution >= 0.6 is 23.7 Å². The Morgan fingerprint density at radius 1 is 1.30 bits per heavy atom. The van der Waals surface area contributed by atoms with E-state index in [9.17, 15) is 13.6 Å². The third-order valence-electron chi connectivity index (χ3n) is 4.60. The van der Waals surface area contributed by atoms with Crippen LogP contribution in [0.2, 0.25) is 0 Å². The first kappa shape index (κ1) is 24.3. The van der Waals surface area contributed by atoms with E-state index in [1.807, 2.05) is 0 Å². The third-order valence-corrected chi connectivity index (χ3v) is 5.50. The molecule has 2 aromatic rings. The Labute approximate surface area is 183 Å². The van der Waals surface area contributed by atoms with Crippen molar-refractivity contribution in [1.82, 2.24) is 4.98 Å². The molecule has 1 fully saturated rings. The number of rotatable bonds is 9. The van der Waals surface area contributed by atoms with Gasteiger partial charge < -0.3 is 25.8 Å². The average molecular weight is 463 g/mol. The molecule has 2 heterocycles. The SMILES string of the molecule is Cl.NCCCCC(Oc1c(-c2csc(N3CCOCC3)n2)ccc(F)c1F)C(N)=O. The van der Waals surface area contributed by atoms with Crippen molar-refractivity contribution >= 4 is 34.8 Å². The molecule has 0 spiro atoms. The second-order valence-corrected chi connectivity index (χ2v) is 7.48. The number of morpholine rings is 1. The molecule has 3 rings (SSSR count). The van der Waals surface area contributed by atoms with Crippen LogP contribution in [0.3, 0.4) is 0 Å². The van der Waals surface area contributed by atoms with E-state index >= 15 is 0 Å². The number of benzene rings is 1. The smallest absolute Gasteiger partial charge is 0.258 e. The number of ether oxygens (including phenoxy) is 2. The number of carbonyl (C=O) groups is 1. The summed E-state index contributed by atoms with van der Waals surface area (Å²) in [6, 6.07) is 2.41. The molecule has 30 heavy (non-hydrogen) atoms. The normalized spacial score (nSPS) is 14.8. The van der Waals surface area contributed by atoms with Gasteiger partial charge in [0.1, 0.15) is 0 Å². The summed E-state index contributed by atoms with van der Waals surface area (Å²) in [5, 5.41) is 2.51. The summed E-state index contributed by atoms with van der Waals surface area (Å²) in [6.45, 7) is 3.08. The molecule has 0 bridgehead atoms. The first-order valence-corrected chi connectivity index (χ1v) is 10.3. The number of hydrogen-bond donors (Lipinski definition) is 2. The number of amides is 1. The Hall–Kier alpha value is -2.01. The van der Waals surface area contributed by atoms with Gasteiger partial charge >= 0.3 is 0 Å². The lowest BCUT2D eigenvalue weighted by molar-refractivity contribution is -0.125. The highest BCUT2D eigenvalue weighted by molar-refractivity contribution is 7.14. The van der Waals surface area contributed by atoms with Crippen LogP contribution in [0.1, 0.15) is 19.3 Å². The Bertz CT molecular complexity index is 849. The van der Waals surface area contributed by atoms with E-state index in [1.54, 1.807) is 5.38 Å². The van der Waals surface area contributed by atoms with Crippen molar-refractivity contribution in [2.24, 2.45) is 11.5 Å². The van der Waals surface area contributed by atoms with E-state index in [1.165, 1.54) is 17.4 Å². The molecular formula is C19H25ClF2N4O3S. The standard InChI is InChI=1S/C19H24F2N4O3S.ClH/c20-13-5-4-12(14-11-29-19(24-14)25-7-9-27-10-8-25)17(16(13)21)28-15(18(23)26)3-1-2-6-22;/h4-5,11,15H,1-3,6-10,22H2,(H2,23,26);1H. The fourth-order valence-electron chi connectivity index (χ4n) is 3.01. The number of unbranched alkanes of at least 4 members (excludes halogenated alkanes) is 1. The summed E-state index contributed by atoms with van der Waals surface area (Å²) in [7, 11) is 0. The number of carbonyl (C=O) groups excluding carboxylic acids is 1. The topological polar surface area (TPSA) is 104 Å². The lowest BCUT2D eigenvalue weighted by atomic mass is 10.1. The molecule has 1 saturated heterocycles. The van der Waals surface area contributed by atoms with Gasteiger partial charge in [-0.15, -0.1) is 23.7 Å². The maximum atomic E-state index is 14.6. The van der Waals surface area contributed by atoms with Crippen LogP contribution in [-0.2, 0) is 9.53 Å². The van der Waals surface area contributed by atoms with Crippen molar-refractivity contribution in [3.8, 4) is 17.0 Å². The Kier molecular flexibility index (Phi) is 9.22. The van der Waals surface area contributed by atoms with Gasteiger partial charge in [0.15, 0.2) is 22.8 Å². The molecule has 11 heteroatoms. The van der Waals surface area contributed by atoms with Gasteiger partial charge in [-0.3, -0.25) is 4.79 Å². The van der Waals surface area contributed by atoms with Crippen molar-refractivity contribution < 1.29 is 23.0 Å². The third kappa shape index (κ3) is 5.78. The number of thiazole rings is 1. The molecule has 1 aromatic heterocycles. The lowest BCUT2D eigenvalue weighted by Gasteiger charge is -2.26. The van der Waals surface area contributed by atoms with Crippen molar-refractivity contribution in [2.75, 3.05) is 37.7 Å². The highest BCUT2D eigenvalue weighted by Gasteiger charge is 2.25. The van der Waals surface area contributed by atoms with Crippen molar-refractivity contribution in [1.29, 1.82) is 0 Å². The number of nitrogens with two attached hydrogens (primary N) is 2. The first-order valence-electron chi connectivity index (χ1n) is 9.44. The van der Waals surface area contributed by atoms with Crippen LogP contribution in [0.5, 0.6) is 5.75 Å². The fourth-order valence-corrected chi connectivity index (χ4v) is 3.89. The first-order chi connectivity index (χ1) is 14.0. The number of anilines is 1. The highest BCUT2D eigenvalue weighted by atomic mass is 35.5. The number of hydrogen-bond acceptors (Lipinski definition) is 7. The predicted octanol–water partition coefficient (Wildman–Crippen LogP) is 2.71. The summed E-state index contributed by atoms with van der Waals surface area (Å²) in [5.74, 6) is -3.35. The molecule has 0 aliphatic carbocycles. The van der Waals surface area contributed by atoms with Crippen LogP contribution < -0.4 is 21.1 Å². The molecule has 1 atom stereocenters. The molecule has 7 nitrogen and oxygen atoms in total. The second kappa shape index (κ2) is 11.4. The van der Waals surface area contributed by atoms with Crippen LogP contribution in [0, 0.1) is 11.6 Å². The van der Waals surface area contributed by atoms with Crippen molar-refractivity contribution in [3.63, 3.8) is 0 Å². The lowest BCUT2D eigenvalue weighted by Crippen LogP contribution is -2.36. The van der Waals surface area contributed by atoms with Gasteiger partial charge in [0.05, 0.1) is 18.9 Å². The molecule has 1 aromatic carbocycles. The van der Waals surface area contributed by atoms with Gasteiger partial charge in [-0.05, 0) is 37.9 Å². The summed E-state index contributed by atoms with van der Waals surface area (Å²) >= 11 is 1.39. The van der Waals surface area contributed by atoms with Gasteiger partial charge in [0.25, 0.3) is 5.91 Å². The number of aromatic nitrogens is 1. The van der Waals surface area contributed by atoms with Crippen LogP contribution in [-0.4, -0.2) is 49.8 Å². The minimum atomic E-state index is -1.17. The molecule has 1 aliphatic rings. The predicted molar refractivity (Wildman–Crippen MR) is 114 cm³/mol. The summed E-state index contributed by atoms with van der Waals surface area (Å²) < 4.78 is 39.4. The van der Waals surface area contributed by atoms with Gasteiger partial charge in [-0.2, -0.15) is 4.39 Å². The van der Waals surface area contributed by atoms with Crippen LogP contribution in [0.15, 0.2) is 17.5 Å². The second-order valence-electron chi connectivity index (χ2n) is 6.65. The van der Waals surface area contributed by atoms with Gasteiger partial charge in [0, 0.05) is 24.0 Å². The molecular weight excluding hydrogens is 438 g/mol. The van der Waals surface area contributed by atoms with Crippen molar-refractivity contribution in [3.05, 3.63) is 29.1 Å². The summed E-state index contributed by atoms with van der Waals surface area (Å²) in [5.41, 5.74) is 11.6. The fraction of sp³-hybridized carbons (Fsp3) is 0.474. The zero-order chi connectivity index (χ0) is 20.8. The van der Waals surface area contributed by atoms with E-state index in [2.05, 4.69) is 9.88 Å². The molecule has 1 aliphatic heterocycles. The van der Waals surface area contributed by atoms with E-state index in [0.29, 0.717) is 51.4 Å². The number of primary amides is 1. The van der Waals surface area contributed by atoms with E-state index in [-0.39, 0.29) is 30.1 Å². The number of halogens is 3. The molecule has 1 amide bonds. The molecule has 166 valence electrons. The average Bonchev–Trinajstić information content (AvgIpc) is 3.21. The Morgan fingerprint density at radius 2 is 2.03 bits per heavy atom. The monoisotopic (exact) mass is 462 g/mol. The highest BCUT2D eigenvalue weighted by Crippen LogP contribution is 2.37. The Morgan fingerprint density at radius 3 is 2.70 bits per heavy atom. The zero-order valence-electron chi connectivity index (χ0n) is 16.3. The van der Waals surface area contributed by atoms with Crippen LogP contribution in [0.4, 0.5) is 13.9 Å². The molecule has 4 N–H and O–H groups in total. The van der Waals surface area contributed by atoms with Gasteiger partial charge in [0.2, 0.25) is 5.82 Å². The quantitative estimate of drug-likeness (QED) is 0.555. The van der Waals surface area contributed by atoms with Gasteiger partial charge in [-0.25, -0.2) is 9.37 Å². The minimum Gasteiger partial charge on any atom is -0.477 e. The van der Waals surface area contributed by atoms with Gasteiger partial charge in [-0.1, -0.05) is 0 Å². The summed E-state index contributed by atoms with van der Waals surface area (Å²) in [6.07, 6.45) is 0.418. The maximum absolute atomic E-state index is 14.6. The van der Waals surface area contributed by atoms with Crippen molar-refractivity contribution in [2.45, 2.75) is 25.4 Å². The summed E-state index contributed by atoms with van der Waals surface area (Å²) in [4.78, 5) is 18.4.